The maximum atomic E-state index is 11.7. The normalized spacial score (nSPS) is 24.2. The van der Waals surface area contributed by atoms with Gasteiger partial charge in [0, 0.05) is 24.6 Å². The van der Waals surface area contributed by atoms with Gasteiger partial charge in [-0.15, -0.1) is 0 Å². The van der Waals surface area contributed by atoms with Crippen LogP contribution in [0.3, 0.4) is 0 Å². The molecule has 4 heteroatoms. The first-order chi connectivity index (χ1) is 6.36. The van der Waals surface area contributed by atoms with E-state index in [9.17, 15) is 4.79 Å². The van der Waals surface area contributed by atoms with Crippen LogP contribution < -0.4 is 0 Å². The Bertz CT molecular complexity index is 188. The van der Waals surface area contributed by atoms with Crippen LogP contribution in [0.15, 0.2) is 0 Å². The lowest BCUT2D eigenvalue weighted by atomic mass is 10.2. The van der Waals surface area contributed by atoms with Crippen molar-refractivity contribution in [1.29, 1.82) is 0 Å². The zero-order valence-corrected chi connectivity index (χ0v) is 8.68. The van der Waals surface area contributed by atoms with Crippen molar-refractivity contribution >= 4 is 17.7 Å². The van der Waals surface area contributed by atoms with E-state index in [2.05, 4.69) is 4.90 Å². The first kappa shape index (κ1) is 9.34. The van der Waals surface area contributed by atoms with Crippen molar-refractivity contribution in [2.45, 2.75) is 6.42 Å². The first-order valence-corrected chi connectivity index (χ1v) is 6.09. The van der Waals surface area contributed by atoms with Crippen molar-refractivity contribution in [3.8, 4) is 0 Å². The number of rotatable bonds is 2. The van der Waals surface area contributed by atoms with Crippen LogP contribution in [-0.2, 0) is 4.79 Å². The number of carbonyl (C=O) groups excluding carboxylic acids is 1. The summed E-state index contributed by atoms with van der Waals surface area (Å²) in [6, 6.07) is 0. The summed E-state index contributed by atoms with van der Waals surface area (Å²) in [5, 5.41) is 0. The molecule has 74 valence electrons. The molecule has 2 aliphatic rings. The highest BCUT2D eigenvalue weighted by atomic mass is 32.2. The second-order valence-electron chi connectivity index (χ2n) is 3.62. The van der Waals surface area contributed by atoms with Crippen LogP contribution in [0.25, 0.3) is 0 Å². The summed E-state index contributed by atoms with van der Waals surface area (Å²) in [4.78, 5) is 15.9. The number of hydrogen-bond donors (Lipinski definition) is 0. The molecule has 2 fully saturated rings. The topological polar surface area (TPSA) is 23.6 Å². The molecular formula is C9H16N2OS. The van der Waals surface area contributed by atoms with Gasteiger partial charge in [-0.2, -0.15) is 11.8 Å². The van der Waals surface area contributed by atoms with Crippen LogP contribution in [0.2, 0.25) is 0 Å². The summed E-state index contributed by atoms with van der Waals surface area (Å²) < 4.78 is 0. The van der Waals surface area contributed by atoms with Gasteiger partial charge < -0.3 is 4.90 Å². The average Bonchev–Trinajstić information content (AvgIpc) is 2.12. The van der Waals surface area contributed by atoms with Crippen LogP contribution in [0.5, 0.6) is 0 Å². The number of hydrogen-bond acceptors (Lipinski definition) is 3. The van der Waals surface area contributed by atoms with Crippen LogP contribution >= 0.6 is 11.8 Å². The van der Waals surface area contributed by atoms with Gasteiger partial charge in [-0.05, 0) is 19.5 Å². The summed E-state index contributed by atoms with van der Waals surface area (Å²) in [6.45, 7) is 4.81. The molecule has 2 heterocycles. The van der Waals surface area contributed by atoms with Gasteiger partial charge >= 0.3 is 0 Å². The molecule has 0 radical (unpaired) electrons. The van der Waals surface area contributed by atoms with E-state index < -0.39 is 0 Å². The molecule has 2 saturated heterocycles. The summed E-state index contributed by atoms with van der Waals surface area (Å²) in [5.74, 6) is 2.57. The molecule has 0 spiro atoms. The molecule has 0 unspecified atom stereocenters. The lowest BCUT2D eigenvalue weighted by Crippen LogP contribution is -2.47. The fraction of sp³-hybridized carbons (Fsp3) is 0.889. The van der Waals surface area contributed by atoms with Crippen molar-refractivity contribution in [3.63, 3.8) is 0 Å². The van der Waals surface area contributed by atoms with E-state index in [1.54, 1.807) is 0 Å². The average molecular weight is 200 g/mol. The Balaban J connectivity index is 1.74. The quantitative estimate of drug-likeness (QED) is 0.639. The molecule has 1 amide bonds. The van der Waals surface area contributed by atoms with E-state index in [1.165, 1.54) is 6.42 Å². The fourth-order valence-corrected chi connectivity index (χ4v) is 2.55. The van der Waals surface area contributed by atoms with Gasteiger partial charge in [0.25, 0.3) is 0 Å². The van der Waals surface area contributed by atoms with Gasteiger partial charge in [-0.3, -0.25) is 9.69 Å². The third-order valence-electron chi connectivity index (χ3n) is 2.67. The Kier molecular flexibility index (Phi) is 3.11. The molecule has 2 rings (SSSR count). The van der Waals surface area contributed by atoms with E-state index in [4.69, 9.17) is 0 Å². The minimum atomic E-state index is 0.333. The first-order valence-electron chi connectivity index (χ1n) is 4.94. The van der Waals surface area contributed by atoms with E-state index in [0.29, 0.717) is 12.5 Å². The molecule has 13 heavy (non-hydrogen) atoms. The fourth-order valence-electron chi connectivity index (χ4n) is 1.64. The highest BCUT2D eigenvalue weighted by molar-refractivity contribution is 7.99. The number of carbonyl (C=O) groups is 1. The van der Waals surface area contributed by atoms with Gasteiger partial charge in [0.1, 0.15) is 0 Å². The SMILES string of the molecule is O=C(CN1CCC1)N1CCSCC1. The Morgan fingerprint density at radius 2 is 1.85 bits per heavy atom. The van der Waals surface area contributed by atoms with E-state index in [0.717, 1.165) is 37.7 Å². The Morgan fingerprint density at radius 3 is 2.38 bits per heavy atom. The smallest absolute Gasteiger partial charge is 0.236 e. The molecule has 0 aromatic rings. The zero-order chi connectivity index (χ0) is 9.10. The van der Waals surface area contributed by atoms with E-state index in [1.807, 2.05) is 16.7 Å². The zero-order valence-electron chi connectivity index (χ0n) is 7.87. The molecule has 0 aliphatic carbocycles. The predicted octanol–water partition coefficient (Wildman–Crippen LogP) is 0.268. The van der Waals surface area contributed by atoms with Gasteiger partial charge in [-0.1, -0.05) is 0 Å². The molecule has 0 N–H and O–H groups in total. The molecule has 0 atom stereocenters. The molecule has 0 saturated carbocycles. The minimum absolute atomic E-state index is 0.333. The van der Waals surface area contributed by atoms with Gasteiger partial charge in [0.2, 0.25) is 5.91 Å². The maximum Gasteiger partial charge on any atom is 0.236 e. The molecular weight excluding hydrogens is 184 g/mol. The molecule has 0 bridgehead atoms. The van der Waals surface area contributed by atoms with E-state index >= 15 is 0 Å². The molecule has 0 aromatic heterocycles. The minimum Gasteiger partial charge on any atom is -0.340 e. The highest BCUT2D eigenvalue weighted by Crippen LogP contribution is 2.11. The maximum absolute atomic E-state index is 11.7. The summed E-state index contributed by atoms with van der Waals surface area (Å²) in [6.07, 6.45) is 1.27. The van der Waals surface area contributed by atoms with Gasteiger partial charge in [0.05, 0.1) is 6.54 Å². The van der Waals surface area contributed by atoms with Crippen molar-refractivity contribution < 1.29 is 4.79 Å². The van der Waals surface area contributed by atoms with Crippen molar-refractivity contribution in [2.24, 2.45) is 0 Å². The largest absolute Gasteiger partial charge is 0.340 e. The van der Waals surface area contributed by atoms with Crippen molar-refractivity contribution in [3.05, 3.63) is 0 Å². The highest BCUT2D eigenvalue weighted by Gasteiger charge is 2.22. The Hall–Kier alpha value is -0.220. The monoisotopic (exact) mass is 200 g/mol. The molecule has 2 aliphatic heterocycles. The molecule has 0 aromatic carbocycles. The second kappa shape index (κ2) is 4.33. The van der Waals surface area contributed by atoms with Crippen molar-refractivity contribution in [2.75, 3.05) is 44.2 Å². The summed E-state index contributed by atoms with van der Waals surface area (Å²) in [7, 11) is 0. The summed E-state index contributed by atoms with van der Waals surface area (Å²) in [5.41, 5.74) is 0. The number of nitrogens with zero attached hydrogens (tertiary/aromatic N) is 2. The Labute approximate surface area is 83.5 Å². The van der Waals surface area contributed by atoms with Crippen molar-refractivity contribution in [1.82, 2.24) is 9.80 Å². The van der Waals surface area contributed by atoms with Crippen LogP contribution in [0.1, 0.15) is 6.42 Å². The Morgan fingerprint density at radius 1 is 1.15 bits per heavy atom. The lowest BCUT2D eigenvalue weighted by molar-refractivity contribution is -0.132. The number of likely N-dealkylation sites (tertiary alicyclic amines) is 1. The van der Waals surface area contributed by atoms with Gasteiger partial charge in [0.15, 0.2) is 0 Å². The third kappa shape index (κ3) is 2.38. The third-order valence-corrected chi connectivity index (χ3v) is 3.61. The standard InChI is InChI=1S/C9H16N2OS/c12-9(8-10-2-1-3-10)11-4-6-13-7-5-11/h1-8H2. The van der Waals surface area contributed by atoms with Crippen LogP contribution in [0, 0.1) is 0 Å². The summed E-state index contributed by atoms with van der Waals surface area (Å²) >= 11 is 1.95. The number of thioether (sulfide) groups is 1. The van der Waals surface area contributed by atoms with Gasteiger partial charge in [-0.25, -0.2) is 0 Å². The van der Waals surface area contributed by atoms with Crippen LogP contribution in [0.4, 0.5) is 0 Å². The predicted molar refractivity (Wildman–Crippen MR) is 55.0 cm³/mol. The number of amides is 1. The van der Waals surface area contributed by atoms with Crippen LogP contribution in [-0.4, -0.2) is 59.9 Å². The molecule has 3 nitrogen and oxygen atoms in total. The lowest BCUT2D eigenvalue weighted by Gasteiger charge is -2.33. The second-order valence-corrected chi connectivity index (χ2v) is 4.85. The van der Waals surface area contributed by atoms with E-state index in [-0.39, 0.29) is 0 Å².